The summed E-state index contributed by atoms with van der Waals surface area (Å²) in [6.07, 6.45) is 3.21. The van der Waals surface area contributed by atoms with Gasteiger partial charge in [0.15, 0.2) is 0 Å². The van der Waals surface area contributed by atoms with Gasteiger partial charge < -0.3 is 4.90 Å². The lowest BCUT2D eigenvalue weighted by atomic mass is 9.81. The molecule has 29 heavy (non-hydrogen) atoms. The summed E-state index contributed by atoms with van der Waals surface area (Å²) in [7, 11) is 0. The number of rotatable bonds is 6. The third-order valence-corrected chi connectivity index (χ3v) is 6.79. The topological polar surface area (TPSA) is 15.3 Å². The molecule has 0 atom stereocenters. The predicted molar refractivity (Wildman–Crippen MR) is 127 cm³/mol. The minimum Gasteiger partial charge on any atom is -0.375 e. The van der Waals surface area contributed by atoms with E-state index in [1.807, 2.05) is 0 Å². The molecule has 1 fully saturated rings. The number of allylic oxidation sites excluding steroid dienone is 1. The molecule has 2 aromatic carbocycles. The van der Waals surface area contributed by atoms with Crippen LogP contribution in [0.1, 0.15) is 56.7 Å². The van der Waals surface area contributed by atoms with Crippen molar-refractivity contribution in [1.29, 1.82) is 0 Å². The largest absolute Gasteiger partial charge is 0.375 e. The maximum atomic E-state index is 4.40. The second-order valence-electron chi connectivity index (χ2n) is 9.76. The lowest BCUT2D eigenvalue weighted by Gasteiger charge is -2.44. The van der Waals surface area contributed by atoms with Gasteiger partial charge >= 0.3 is 0 Å². The van der Waals surface area contributed by atoms with Crippen LogP contribution in [0.3, 0.4) is 0 Å². The molecular weight excluding hydrogens is 372 g/mol. The summed E-state index contributed by atoms with van der Waals surface area (Å²) in [5, 5.41) is 0. The van der Waals surface area contributed by atoms with Gasteiger partial charge in [-0.25, -0.2) is 4.72 Å². The molecule has 1 aliphatic heterocycles. The summed E-state index contributed by atoms with van der Waals surface area (Å²) in [5.41, 5.74) is 5.55. The molecule has 3 heteroatoms. The smallest absolute Gasteiger partial charge is 0.0568 e. The van der Waals surface area contributed by atoms with E-state index in [4.69, 9.17) is 0 Å². The van der Waals surface area contributed by atoms with E-state index in [0.29, 0.717) is 0 Å². The molecule has 0 bridgehead atoms. The van der Waals surface area contributed by atoms with E-state index in [1.54, 1.807) is 11.9 Å². The predicted octanol–water partition coefficient (Wildman–Crippen LogP) is 6.84. The second-order valence-corrected chi connectivity index (χ2v) is 10.6. The van der Waals surface area contributed by atoms with Crippen LogP contribution in [0.15, 0.2) is 65.7 Å². The summed E-state index contributed by atoms with van der Waals surface area (Å²) in [4.78, 5) is 3.76. The number of piperidine rings is 1. The summed E-state index contributed by atoms with van der Waals surface area (Å²) in [6, 6.07) is 17.9. The van der Waals surface area contributed by atoms with Crippen LogP contribution in [-0.4, -0.2) is 18.0 Å². The Morgan fingerprint density at radius 2 is 1.48 bits per heavy atom. The molecule has 1 N–H and O–H groups in total. The fourth-order valence-electron chi connectivity index (χ4n) is 4.01. The zero-order chi connectivity index (χ0) is 21.1. The normalized spacial score (nSPS) is 16.7. The fourth-order valence-corrected chi connectivity index (χ4v) is 4.92. The SMILES string of the molecule is C=C(CC(C)(C)C)N1CCC(NSc2ccc(C)cc2)(c2ccc(C)cc2)CC1. The number of hydrogen-bond acceptors (Lipinski definition) is 3. The summed E-state index contributed by atoms with van der Waals surface area (Å²) < 4.78 is 3.87. The minimum absolute atomic E-state index is 0.0121. The van der Waals surface area contributed by atoms with Gasteiger partial charge in [0, 0.05) is 23.7 Å². The van der Waals surface area contributed by atoms with Gasteiger partial charge in [0.1, 0.15) is 0 Å². The van der Waals surface area contributed by atoms with E-state index in [2.05, 4.69) is 99.4 Å². The van der Waals surface area contributed by atoms with Gasteiger partial charge in [0.2, 0.25) is 0 Å². The molecule has 0 saturated carbocycles. The number of hydrogen-bond donors (Lipinski definition) is 1. The van der Waals surface area contributed by atoms with Gasteiger partial charge in [-0.2, -0.15) is 0 Å². The van der Waals surface area contributed by atoms with Crippen LogP contribution in [0.5, 0.6) is 0 Å². The molecule has 1 saturated heterocycles. The summed E-state index contributed by atoms with van der Waals surface area (Å²) >= 11 is 1.76. The molecule has 2 nitrogen and oxygen atoms in total. The average Bonchev–Trinajstić information content (AvgIpc) is 2.67. The fraction of sp³-hybridized carbons (Fsp3) is 0.462. The van der Waals surface area contributed by atoms with Crippen molar-refractivity contribution < 1.29 is 0 Å². The Labute approximate surface area is 181 Å². The van der Waals surface area contributed by atoms with E-state index >= 15 is 0 Å². The molecule has 0 aromatic heterocycles. The minimum atomic E-state index is -0.0121. The van der Waals surface area contributed by atoms with Crippen LogP contribution < -0.4 is 4.72 Å². The van der Waals surface area contributed by atoms with Gasteiger partial charge in [-0.15, -0.1) is 0 Å². The molecule has 3 rings (SSSR count). The van der Waals surface area contributed by atoms with Crippen LogP contribution >= 0.6 is 11.9 Å². The van der Waals surface area contributed by atoms with Gasteiger partial charge in [0.05, 0.1) is 5.54 Å². The zero-order valence-electron chi connectivity index (χ0n) is 18.7. The third-order valence-electron chi connectivity index (χ3n) is 5.79. The first-order valence-corrected chi connectivity index (χ1v) is 11.5. The monoisotopic (exact) mass is 408 g/mol. The number of benzene rings is 2. The van der Waals surface area contributed by atoms with Crippen molar-refractivity contribution in [2.45, 2.75) is 64.3 Å². The molecule has 0 radical (unpaired) electrons. The average molecular weight is 409 g/mol. The van der Waals surface area contributed by atoms with Gasteiger partial charge in [0.25, 0.3) is 0 Å². The second kappa shape index (κ2) is 8.97. The van der Waals surface area contributed by atoms with E-state index in [9.17, 15) is 0 Å². The van der Waals surface area contributed by atoms with E-state index in [1.165, 1.54) is 27.3 Å². The lowest BCUT2D eigenvalue weighted by Crippen LogP contribution is -2.48. The van der Waals surface area contributed by atoms with Crippen molar-refractivity contribution in [2.75, 3.05) is 13.1 Å². The first kappa shape index (κ1) is 22.0. The Hall–Kier alpha value is -1.71. The highest BCUT2D eigenvalue weighted by molar-refractivity contribution is 7.97. The Bertz CT molecular complexity index is 807. The van der Waals surface area contributed by atoms with Crippen molar-refractivity contribution in [1.82, 2.24) is 9.62 Å². The summed E-state index contributed by atoms with van der Waals surface area (Å²) in [6.45, 7) is 17.7. The Morgan fingerprint density at radius 3 is 2.00 bits per heavy atom. The zero-order valence-corrected chi connectivity index (χ0v) is 19.5. The summed E-state index contributed by atoms with van der Waals surface area (Å²) in [5.74, 6) is 0. The maximum absolute atomic E-state index is 4.40. The van der Waals surface area contributed by atoms with Crippen molar-refractivity contribution in [3.8, 4) is 0 Å². The Kier molecular flexibility index (Phi) is 6.80. The first-order chi connectivity index (χ1) is 13.7. The van der Waals surface area contributed by atoms with Crippen LogP contribution in [0.4, 0.5) is 0 Å². The highest BCUT2D eigenvalue weighted by Gasteiger charge is 2.37. The molecule has 0 aliphatic carbocycles. The highest BCUT2D eigenvalue weighted by Crippen LogP contribution is 2.38. The molecule has 0 amide bonds. The quantitative estimate of drug-likeness (QED) is 0.527. The van der Waals surface area contributed by atoms with Crippen molar-refractivity contribution in [3.05, 3.63) is 77.5 Å². The Morgan fingerprint density at radius 1 is 0.966 bits per heavy atom. The standard InChI is InChI=1S/C26H36N2S/c1-20-7-11-23(12-8-20)26(27-29-24-13-9-21(2)10-14-24)15-17-28(18-16-26)22(3)19-25(4,5)6/h7-14,27H,3,15-19H2,1-2,4-6H3. The maximum Gasteiger partial charge on any atom is 0.0568 e. The van der Waals surface area contributed by atoms with Gasteiger partial charge in [-0.05, 0) is 68.2 Å². The number of aryl methyl sites for hydroxylation is 2. The molecule has 0 unspecified atom stereocenters. The number of nitrogens with one attached hydrogen (secondary N) is 1. The lowest BCUT2D eigenvalue weighted by molar-refractivity contribution is 0.174. The molecule has 2 aromatic rings. The van der Waals surface area contributed by atoms with Crippen LogP contribution in [0, 0.1) is 19.3 Å². The molecular formula is C26H36N2S. The van der Waals surface area contributed by atoms with E-state index in [-0.39, 0.29) is 11.0 Å². The highest BCUT2D eigenvalue weighted by atomic mass is 32.2. The van der Waals surface area contributed by atoms with E-state index < -0.39 is 0 Å². The van der Waals surface area contributed by atoms with Crippen molar-refractivity contribution in [2.24, 2.45) is 5.41 Å². The Balaban J connectivity index is 1.75. The van der Waals surface area contributed by atoms with Gasteiger partial charge in [-0.1, -0.05) is 74.9 Å². The molecule has 1 heterocycles. The number of nitrogens with zero attached hydrogens (tertiary/aromatic N) is 1. The van der Waals surface area contributed by atoms with Crippen LogP contribution in [0.25, 0.3) is 0 Å². The molecule has 0 spiro atoms. The van der Waals surface area contributed by atoms with Crippen LogP contribution in [0.2, 0.25) is 0 Å². The molecule has 1 aliphatic rings. The number of likely N-dealkylation sites (tertiary alicyclic amines) is 1. The first-order valence-electron chi connectivity index (χ1n) is 10.7. The molecule has 156 valence electrons. The van der Waals surface area contributed by atoms with Gasteiger partial charge in [-0.3, -0.25) is 0 Å². The third kappa shape index (κ3) is 5.90. The van der Waals surface area contributed by atoms with Crippen LogP contribution in [-0.2, 0) is 5.54 Å². The van der Waals surface area contributed by atoms with E-state index in [0.717, 1.165) is 32.4 Å². The van der Waals surface area contributed by atoms with Crippen molar-refractivity contribution in [3.63, 3.8) is 0 Å². The van der Waals surface area contributed by atoms with Crippen molar-refractivity contribution >= 4 is 11.9 Å².